The van der Waals surface area contributed by atoms with Crippen molar-refractivity contribution in [2.75, 3.05) is 26.3 Å². The van der Waals surface area contributed by atoms with Gasteiger partial charge >= 0.3 is 6.09 Å². The van der Waals surface area contributed by atoms with Crippen LogP contribution in [0.1, 0.15) is 46.1 Å². The van der Waals surface area contributed by atoms with Gasteiger partial charge in [-0.2, -0.15) is 0 Å². The Balaban J connectivity index is 1.72. The number of likely N-dealkylation sites (tertiary alicyclic amines) is 1. The van der Waals surface area contributed by atoms with E-state index in [1.807, 2.05) is 24.3 Å². The lowest BCUT2D eigenvalue weighted by Crippen LogP contribution is -2.47. The molecule has 6 nitrogen and oxygen atoms in total. The molecule has 1 aliphatic heterocycles. The maximum atomic E-state index is 12.1. The second-order valence-electron chi connectivity index (χ2n) is 7.59. The molecule has 0 aromatic heterocycles. The predicted octanol–water partition coefficient (Wildman–Crippen LogP) is 3.10. The number of hydrogen-bond donors (Lipinski definition) is 1. The zero-order chi connectivity index (χ0) is 19.2. The maximum Gasteiger partial charge on any atom is 0.409 e. The molecule has 1 aliphatic rings. The van der Waals surface area contributed by atoms with Gasteiger partial charge in [0.1, 0.15) is 5.75 Å². The van der Waals surface area contributed by atoms with E-state index in [9.17, 15) is 9.59 Å². The highest BCUT2D eigenvalue weighted by Crippen LogP contribution is 2.24. The molecule has 1 saturated heterocycles. The summed E-state index contributed by atoms with van der Waals surface area (Å²) in [6.45, 7) is 9.83. The Morgan fingerprint density at radius 3 is 2.31 bits per heavy atom. The first kappa shape index (κ1) is 20.1. The van der Waals surface area contributed by atoms with E-state index in [1.165, 1.54) is 5.56 Å². The van der Waals surface area contributed by atoms with E-state index in [0.717, 1.165) is 12.8 Å². The third-order valence-corrected chi connectivity index (χ3v) is 4.48. The number of carbonyl (C=O) groups is 2. The highest BCUT2D eigenvalue weighted by Gasteiger charge is 2.24. The molecule has 0 spiro atoms. The van der Waals surface area contributed by atoms with Crippen molar-refractivity contribution in [3.8, 4) is 5.75 Å². The molecule has 0 bridgehead atoms. The molecule has 2 amide bonds. The van der Waals surface area contributed by atoms with Gasteiger partial charge < -0.3 is 19.7 Å². The quantitative estimate of drug-likeness (QED) is 0.874. The van der Waals surface area contributed by atoms with Crippen LogP contribution in [0, 0.1) is 0 Å². The summed E-state index contributed by atoms with van der Waals surface area (Å²) < 4.78 is 10.6. The average Bonchev–Trinajstić information content (AvgIpc) is 2.60. The molecule has 1 fully saturated rings. The van der Waals surface area contributed by atoms with E-state index in [-0.39, 0.29) is 30.1 Å². The summed E-state index contributed by atoms with van der Waals surface area (Å²) in [6.07, 6.45) is 1.18. The highest BCUT2D eigenvalue weighted by atomic mass is 16.6. The number of nitrogens with zero attached hydrogens (tertiary/aromatic N) is 1. The van der Waals surface area contributed by atoms with Crippen LogP contribution in [-0.2, 0) is 14.9 Å². The number of piperidine rings is 1. The van der Waals surface area contributed by atoms with E-state index in [0.29, 0.717) is 25.4 Å². The molecule has 26 heavy (non-hydrogen) atoms. The fourth-order valence-electron chi connectivity index (χ4n) is 2.89. The van der Waals surface area contributed by atoms with Crippen molar-refractivity contribution >= 4 is 12.0 Å². The number of amides is 2. The minimum atomic E-state index is -0.278. The molecular formula is C20H30N2O4. The SMILES string of the molecule is CCOC(=O)N1CCC(NC(=O)COc2ccc(C(C)(C)C)cc2)CC1. The summed E-state index contributed by atoms with van der Waals surface area (Å²) in [6, 6.07) is 7.91. The van der Waals surface area contributed by atoms with Gasteiger partial charge in [0.15, 0.2) is 6.61 Å². The lowest BCUT2D eigenvalue weighted by atomic mass is 9.87. The Bertz CT molecular complexity index is 599. The first-order valence-corrected chi connectivity index (χ1v) is 9.24. The molecule has 144 valence electrons. The van der Waals surface area contributed by atoms with E-state index in [1.54, 1.807) is 11.8 Å². The number of benzene rings is 1. The van der Waals surface area contributed by atoms with Crippen LogP contribution in [0.15, 0.2) is 24.3 Å². The molecule has 1 heterocycles. The van der Waals surface area contributed by atoms with Crippen molar-refractivity contribution in [1.29, 1.82) is 0 Å². The first-order valence-electron chi connectivity index (χ1n) is 9.24. The number of nitrogens with one attached hydrogen (secondary N) is 1. The molecule has 0 unspecified atom stereocenters. The summed E-state index contributed by atoms with van der Waals surface area (Å²) in [5.74, 6) is 0.546. The Hall–Kier alpha value is -2.24. The monoisotopic (exact) mass is 362 g/mol. The van der Waals surface area contributed by atoms with Gasteiger partial charge in [-0.3, -0.25) is 4.79 Å². The summed E-state index contributed by atoms with van der Waals surface area (Å²) in [5.41, 5.74) is 1.32. The number of rotatable bonds is 5. The fraction of sp³-hybridized carbons (Fsp3) is 0.600. The Morgan fingerprint density at radius 2 is 1.77 bits per heavy atom. The van der Waals surface area contributed by atoms with Gasteiger partial charge in [-0.05, 0) is 42.9 Å². The molecule has 0 saturated carbocycles. The van der Waals surface area contributed by atoms with Gasteiger partial charge in [0, 0.05) is 19.1 Å². The molecular weight excluding hydrogens is 332 g/mol. The van der Waals surface area contributed by atoms with Crippen molar-refractivity contribution in [1.82, 2.24) is 10.2 Å². The van der Waals surface area contributed by atoms with Crippen LogP contribution < -0.4 is 10.1 Å². The highest BCUT2D eigenvalue weighted by molar-refractivity contribution is 5.78. The molecule has 1 aromatic carbocycles. The molecule has 6 heteroatoms. The number of carbonyl (C=O) groups excluding carboxylic acids is 2. The third-order valence-electron chi connectivity index (χ3n) is 4.48. The second-order valence-corrected chi connectivity index (χ2v) is 7.59. The number of hydrogen-bond acceptors (Lipinski definition) is 4. The van der Waals surface area contributed by atoms with Gasteiger partial charge in [-0.15, -0.1) is 0 Å². The van der Waals surface area contributed by atoms with Crippen molar-refractivity contribution < 1.29 is 19.1 Å². The lowest BCUT2D eigenvalue weighted by Gasteiger charge is -2.31. The minimum Gasteiger partial charge on any atom is -0.484 e. The Kier molecular flexibility index (Phi) is 6.89. The van der Waals surface area contributed by atoms with E-state index >= 15 is 0 Å². The zero-order valence-electron chi connectivity index (χ0n) is 16.2. The van der Waals surface area contributed by atoms with Crippen LogP contribution >= 0.6 is 0 Å². The van der Waals surface area contributed by atoms with E-state index < -0.39 is 0 Å². The van der Waals surface area contributed by atoms with Gasteiger partial charge in [0.2, 0.25) is 0 Å². The van der Waals surface area contributed by atoms with E-state index in [4.69, 9.17) is 9.47 Å². The zero-order valence-corrected chi connectivity index (χ0v) is 16.2. The van der Waals surface area contributed by atoms with Gasteiger partial charge in [0.05, 0.1) is 6.61 Å². The minimum absolute atomic E-state index is 0.00699. The molecule has 2 rings (SSSR count). The largest absolute Gasteiger partial charge is 0.484 e. The van der Waals surface area contributed by atoms with Crippen LogP contribution in [0.3, 0.4) is 0 Å². The molecule has 0 aliphatic carbocycles. The Labute approximate surface area is 155 Å². The van der Waals surface area contributed by atoms with Crippen LogP contribution in [0.25, 0.3) is 0 Å². The third kappa shape index (κ3) is 5.93. The summed E-state index contributed by atoms with van der Waals surface area (Å²) in [7, 11) is 0. The summed E-state index contributed by atoms with van der Waals surface area (Å²) >= 11 is 0. The van der Waals surface area contributed by atoms with Gasteiger partial charge in [-0.25, -0.2) is 4.79 Å². The van der Waals surface area contributed by atoms with Crippen molar-refractivity contribution in [3.05, 3.63) is 29.8 Å². The van der Waals surface area contributed by atoms with Crippen LogP contribution in [0.2, 0.25) is 0 Å². The average molecular weight is 362 g/mol. The molecule has 1 N–H and O–H groups in total. The van der Waals surface area contributed by atoms with Gasteiger partial charge in [-0.1, -0.05) is 32.9 Å². The van der Waals surface area contributed by atoms with Crippen LogP contribution in [-0.4, -0.2) is 49.2 Å². The van der Waals surface area contributed by atoms with Crippen molar-refractivity contribution in [2.24, 2.45) is 0 Å². The van der Waals surface area contributed by atoms with E-state index in [2.05, 4.69) is 26.1 Å². The smallest absolute Gasteiger partial charge is 0.409 e. The standard InChI is InChI=1S/C20H30N2O4/c1-5-25-19(24)22-12-10-16(11-13-22)21-18(23)14-26-17-8-6-15(7-9-17)20(2,3)4/h6-9,16H,5,10-14H2,1-4H3,(H,21,23). The maximum absolute atomic E-state index is 12.1. The summed E-state index contributed by atoms with van der Waals surface area (Å²) in [4.78, 5) is 25.4. The second kappa shape index (κ2) is 8.92. The molecule has 0 radical (unpaired) electrons. The lowest BCUT2D eigenvalue weighted by molar-refractivity contribution is -0.124. The van der Waals surface area contributed by atoms with Gasteiger partial charge in [0.25, 0.3) is 5.91 Å². The molecule has 1 aromatic rings. The van der Waals surface area contributed by atoms with Crippen molar-refractivity contribution in [2.45, 2.75) is 52.0 Å². The fourth-order valence-corrected chi connectivity index (χ4v) is 2.89. The Morgan fingerprint density at radius 1 is 1.15 bits per heavy atom. The van der Waals surface area contributed by atoms with Crippen molar-refractivity contribution in [3.63, 3.8) is 0 Å². The molecule has 0 atom stereocenters. The first-order chi connectivity index (χ1) is 12.3. The topological polar surface area (TPSA) is 67.9 Å². The normalized spacial score (nSPS) is 15.5. The van der Waals surface area contributed by atoms with Crippen LogP contribution in [0.4, 0.5) is 4.79 Å². The number of ether oxygens (including phenoxy) is 2. The predicted molar refractivity (Wildman–Crippen MR) is 100 cm³/mol. The van der Waals surface area contributed by atoms with Crippen LogP contribution in [0.5, 0.6) is 5.75 Å². The summed E-state index contributed by atoms with van der Waals surface area (Å²) in [5, 5.41) is 2.97.